The lowest BCUT2D eigenvalue weighted by Gasteiger charge is -2.20. The zero-order valence-electron chi connectivity index (χ0n) is 16.3. The number of methoxy groups -OCH3 is 1. The van der Waals surface area contributed by atoms with Crippen molar-refractivity contribution in [3.8, 4) is 5.75 Å². The second kappa shape index (κ2) is 9.01. The fourth-order valence-corrected chi connectivity index (χ4v) is 3.10. The van der Waals surface area contributed by atoms with E-state index >= 15 is 0 Å². The SMILES string of the molecule is COc1ccc(C(CC(=O)c2ccccc2)Nc2ccc(C)cc2)cc1[N+](=O)[O-]. The molecule has 29 heavy (non-hydrogen) atoms. The van der Waals surface area contributed by atoms with Crippen molar-refractivity contribution in [2.75, 3.05) is 12.4 Å². The van der Waals surface area contributed by atoms with Crippen LogP contribution < -0.4 is 10.1 Å². The number of benzene rings is 3. The number of hydrogen-bond acceptors (Lipinski definition) is 5. The average molecular weight is 390 g/mol. The molecular weight excluding hydrogens is 368 g/mol. The van der Waals surface area contributed by atoms with E-state index in [2.05, 4.69) is 5.32 Å². The van der Waals surface area contributed by atoms with Crippen molar-refractivity contribution in [1.82, 2.24) is 0 Å². The molecule has 0 heterocycles. The Balaban J connectivity index is 1.95. The van der Waals surface area contributed by atoms with Crippen molar-refractivity contribution in [3.05, 3.63) is 99.6 Å². The molecule has 0 radical (unpaired) electrons. The smallest absolute Gasteiger partial charge is 0.311 e. The molecule has 3 aromatic rings. The van der Waals surface area contributed by atoms with E-state index in [0.717, 1.165) is 11.3 Å². The fraction of sp³-hybridized carbons (Fsp3) is 0.174. The van der Waals surface area contributed by atoms with Crippen LogP contribution in [-0.2, 0) is 0 Å². The van der Waals surface area contributed by atoms with Crippen LogP contribution in [0.2, 0.25) is 0 Å². The van der Waals surface area contributed by atoms with E-state index in [4.69, 9.17) is 4.74 Å². The highest BCUT2D eigenvalue weighted by Crippen LogP contribution is 2.33. The summed E-state index contributed by atoms with van der Waals surface area (Å²) in [5.74, 6) is 0.135. The first kappa shape index (κ1) is 20.1. The van der Waals surface area contributed by atoms with Gasteiger partial charge in [0.05, 0.1) is 18.1 Å². The Hall–Kier alpha value is -3.67. The van der Waals surface area contributed by atoms with E-state index < -0.39 is 11.0 Å². The molecule has 0 bridgehead atoms. The molecule has 0 aliphatic carbocycles. The van der Waals surface area contributed by atoms with E-state index in [1.54, 1.807) is 24.3 Å². The van der Waals surface area contributed by atoms with Crippen molar-refractivity contribution in [2.45, 2.75) is 19.4 Å². The maximum atomic E-state index is 12.8. The first-order valence-electron chi connectivity index (χ1n) is 9.21. The van der Waals surface area contributed by atoms with Gasteiger partial charge in [-0.3, -0.25) is 14.9 Å². The average Bonchev–Trinajstić information content (AvgIpc) is 2.74. The number of ether oxygens (including phenoxy) is 1. The molecule has 1 N–H and O–H groups in total. The zero-order valence-corrected chi connectivity index (χ0v) is 16.3. The molecule has 1 atom stereocenters. The minimum atomic E-state index is -0.482. The number of nitrogens with zero attached hydrogens (tertiary/aromatic N) is 1. The molecule has 0 fully saturated rings. The van der Waals surface area contributed by atoms with Crippen LogP contribution in [-0.4, -0.2) is 17.8 Å². The van der Waals surface area contributed by atoms with Gasteiger partial charge in [-0.05, 0) is 30.7 Å². The molecule has 148 valence electrons. The Labute approximate surface area is 169 Å². The van der Waals surface area contributed by atoms with Crippen LogP contribution in [0.15, 0.2) is 72.8 Å². The summed E-state index contributed by atoms with van der Waals surface area (Å²) in [6.07, 6.45) is 0.154. The molecule has 6 nitrogen and oxygen atoms in total. The van der Waals surface area contributed by atoms with Crippen molar-refractivity contribution in [3.63, 3.8) is 0 Å². The molecule has 1 unspecified atom stereocenters. The Morgan fingerprint density at radius 3 is 2.38 bits per heavy atom. The number of anilines is 1. The van der Waals surface area contributed by atoms with Gasteiger partial charge in [0.15, 0.2) is 11.5 Å². The minimum Gasteiger partial charge on any atom is -0.490 e. The summed E-state index contributed by atoms with van der Waals surface area (Å²) in [5.41, 5.74) is 3.06. The topological polar surface area (TPSA) is 81.5 Å². The summed E-state index contributed by atoms with van der Waals surface area (Å²) in [6, 6.07) is 21.1. The fourth-order valence-electron chi connectivity index (χ4n) is 3.10. The molecule has 0 aliphatic rings. The summed E-state index contributed by atoms with van der Waals surface area (Å²) in [6.45, 7) is 1.99. The second-order valence-electron chi connectivity index (χ2n) is 6.74. The predicted molar refractivity (Wildman–Crippen MR) is 113 cm³/mol. The molecule has 6 heteroatoms. The lowest BCUT2D eigenvalue weighted by Crippen LogP contribution is -2.16. The van der Waals surface area contributed by atoms with Gasteiger partial charge in [0.2, 0.25) is 0 Å². The molecule has 0 aliphatic heterocycles. The Kier molecular flexibility index (Phi) is 6.24. The standard InChI is InChI=1S/C23H22N2O4/c1-16-8-11-19(12-9-16)24-20(15-22(26)17-6-4-3-5-7-17)18-10-13-23(29-2)21(14-18)25(27)28/h3-14,20,24H,15H2,1-2H3. The van der Waals surface area contributed by atoms with Crippen LogP contribution in [0.3, 0.4) is 0 Å². The van der Waals surface area contributed by atoms with Crippen LogP contribution in [0.25, 0.3) is 0 Å². The van der Waals surface area contributed by atoms with E-state index in [0.29, 0.717) is 11.1 Å². The predicted octanol–water partition coefficient (Wildman–Crippen LogP) is 5.34. The normalized spacial score (nSPS) is 11.5. The second-order valence-corrected chi connectivity index (χ2v) is 6.74. The number of nitro benzene ring substituents is 1. The number of carbonyl (C=O) groups is 1. The van der Waals surface area contributed by atoms with Gasteiger partial charge in [0.25, 0.3) is 0 Å². The van der Waals surface area contributed by atoms with Gasteiger partial charge in [0.1, 0.15) is 0 Å². The summed E-state index contributed by atoms with van der Waals surface area (Å²) in [7, 11) is 1.39. The number of rotatable bonds is 8. The van der Waals surface area contributed by atoms with Gasteiger partial charge in [0, 0.05) is 23.7 Å². The number of nitrogens with one attached hydrogen (secondary N) is 1. The molecular formula is C23H22N2O4. The quantitative estimate of drug-likeness (QED) is 0.319. The van der Waals surface area contributed by atoms with E-state index in [1.807, 2.05) is 49.4 Å². The summed E-state index contributed by atoms with van der Waals surface area (Å²) in [5, 5.41) is 14.8. The van der Waals surface area contributed by atoms with Gasteiger partial charge in [-0.15, -0.1) is 0 Å². The molecule has 0 saturated carbocycles. The third kappa shape index (κ3) is 4.99. The Morgan fingerprint density at radius 1 is 1.07 bits per heavy atom. The lowest BCUT2D eigenvalue weighted by molar-refractivity contribution is -0.385. The van der Waals surface area contributed by atoms with Gasteiger partial charge < -0.3 is 10.1 Å². The first-order valence-corrected chi connectivity index (χ1v) is 9.21. The highest BCUT2D eigenvalue weighted by Gasteiger charge is 2.22. The van der Waals surface area contributed by atoms with Gasteiger partial charge >= 0.3 is 5.69 Å². The van der Waals surface area contributed by atoms with Crippen LogP contribution in [0.1, 0.15) is 33.9 Å². The Bertz CT molecular complexity index is 1000. The summed E-state index contributed by atoms with van der Waals surface area (Å²) >= 11 is 0. The summed E-state index contributed by atoms with van der Waals surface area (Å²) in [4.78, 5) is 23.8. The zero-order chi connectivity index (χ0) is 20.8. The Morgan fingerprint density at radius 2 is 1.76 bits per heavy atom. The molecule has 0 saturated heterocycles. The van der Waals surface area contributed by atoms with Crippen molar-refractivity contribution < 1.29 is 14.5 Å². The number of aryl methyl sites for hydroxylation is 1. The molecule has 0 spiro atoms. The van der Waals surface area contributed by atoms with E-state index in [1.165, 1.54) is 13.2 Å². The third-order valence-corrected chi connectivity index (χ3v) is 4.68. The minimum absolute atomic E-state index is 0.0475. The molecule has 0 aromatic heterocycles. The maximum absolute atomic E-state index is 12.8. The van der Waals surface area contributed by atoms with Gasteiger partial charge in [-0.2, -0.15) is 0 Å². The monoisotopic (exact) mass is 390 g/mol. The van der Waals surface area contributed by atoms with Crippen LogP contribution in [0.4, 0.5) is 11.4 Å². The third-order valence-electron chi connectivity index (χ3n) is 4.68. The lowest BCUT2D eigenvalue weighted by atomic mass is 9.97. The van der Waals surface area contributed by atoms with Gasteiger partial charge in [-0.25, -0.2) is 0 Å². The van der Waals surface area contributed by atoms with E-state index in [-0.39, 0.29) is 23.6 Å². The number of Topliss-reactive ketones (excluding diaryl/α,β-unsaturated/α-hetero) is 1. The highest BCUT2D eigenvalue weighted by molar-refractivity contribution is 5.96. The number of ketones is 1. The van der Waals surface area contributed by atoms with Crippen LogP contribution >= 0.6 is 0 Å². The number of carbonyl (C=O) groups excluding carboxylic acids is 1. The molecule has 0 amide bonds. The first-order chi connectivity index (χ1) is 14.0. The largest absolute Gasteiger partial charge is 0.490 e. The van der Waals surface area contributed by atoms with Crippen LogP contribution in [0.5, 0.6) is 5.75 Å². The van der Waals surface area contributed by atoms with E-state index in [9.17, 15) is 14.9 Å². The van der Waals surface area contributed by atoms with Crippen molar-refractivity contribution in [1.29, 1.82) is 0 Å². The molecule has 3 aromatic carbocycles. The number of nitro groups is 1. The molecule has 3 rings (SSSR count). The highest BCUT2D eigenvalue weighted by atomic mass is 16.6. The maximum Gasteiger partial charge on any atom is 0.311 e. The summed E-state index contributed by atoms with van der Waals surface area (Å²) < 4.78 is 5.09. The van der Waals surface area contributed by atoms with Crippen molar-refractivity contribution >= 4 is 17.2 Å². The number of hydrogen-bond donors (Lipinski definition) is 1. The van der Waals surface area contributed by atoms with Crippen molar-refractivity contribution in [2.24, 2.45) is 0 Å². The van der Waals surface area contributed by atoms with Crippen LogP contribution in [0, 0.1) is 17.0 Å². The van der Waals surface area contributed by atoms with Gasteiger partial charge in [-0.1, -0.05) is 54.1 Å².